The van der Waals surface area contributed by atoms with Gasteiger partial charge in [-0.25, -0.2) is 12.2 Å². The van der Waals surface area contributed by atoms with Crippen LogP contribution in [0.25, 0.3) is 0 Å². The zero-order valence-electron chi connectivity index (χ0n) is 12.1. The number of likely N-dealkylation sites (tertiary alicyclic amines) is 1. The minimum absolute atomic E-state index is 0. The maximum atomic E-state index is 3.79. The molecule has 1 aliphatic carbocycles. The van der Waals surface area contributed by atoms with E-state index in [9.17, 15) is 0 Å². The van der Waals surface area contributed by atoms with E-state index in [-0.39, 0.29) is 51.4 Å². The van der Waals surface area contributed by atoms with Crippen LogP contribution in [0.3, 0.4) is 0 Å². The van der Waals surface area contributed by atoms with Crippen molar-refractivity contribution in [3.8, 4) is 0 Å². The van der Waals surface area contributed by atoms with E-state index in [4.69, 9.17) is 0 Å². The molecule has 0 radical (unpaired) electrons. The summed E-state index contributed by atoms with van der Waals surface area (Å²) in [5, 5.41) is 0. The van der Waals surface area contributed by atoms with E-state index in [2.05, 4.69) is 24.0 Å². The SMILES string of the molecule is [C-]1=CC=CC1.[CH2-]CN1CCCC1.[CH3-].[CH3-].[CH3-].[CH3-].[Ti]. The second kappa shape index (κ2) is 21.4. The Hall–Kier alpha value is 0.154. The molecule has 1 heterocycles. The monoisotopic (exact) mass is 271 g/mol. The summed E-state index contributed by atoms with van der Waals surface area (Å²) >= 11 is 0. The van der Waals surface area contributed by atoms with E-state index in [0.717, 1.165) is 13.0 Å². The summed E-state index contributed by atoms with van der Waals surface area (Å²) in [7, 11) is 0. The predicted molar refractivity (Wildman–Crippen MR) is 78.3 cm³/mol. The van der Waals surface area contributed by atoms with Crippen LogP contribution in [-0.2, 0) is 21.7 Å². The summed E-state index contributed by atoms with van der Waals surface area (Å²) in [4.78, 5) is 2.38. The van der Waals surface area contributed by atoms with Crippen LogP contribution >= 0.6 is 0 Å². The minimum Gasteiger partial charge on any atom is -0.358 e. The van der Waals surface area contributed by atoms with Crippen molar-refractivity contribution < 1.29 is 21.7 Å². The average Bonchev–Trinajstić information content (AvgIpc) is 2.81. The Labute approximate surface area is 126 Å². The van der Waals surface area contributed by atoms with Crippen molar-refractivity contribution in [2.75, 3.05) is 19.6 Å². The average molecular weight is 271 g/mol. The predicted octanol–water partition coefficient (Wildman–Crippen LogP) is 4.02. The molecular weight excluding hydrogens is 242 g/mol. The molecule has 0 saturated carbocycles. The first-order valence-electron chi connectivity index (χ1n) is 4.67. The molecule has 2 rings (SSSR count). The first-order chi connectivity index (χ1) is 5.93. The van der Waals surface area contributed by atoms with Crippen molar-refractivity contribution >= 4 is 0 Å². The number of hydrogen-bond acceptors (Lipinski definition) is 1. The first kappa shape index (κ1) is 30.3. The van der Waals surface area contributed by atoms with Gasteiger partial charge in [-0.2, -0.15) is 6.08 Å². The zero-order valence-corrected chi connectivity index (χ0v) is 13.7. The van der Waals surface area contributed by atoms with E-state index in [1.54, 1.807) is 0 Å². The quantitative estimate of drug-likeness (QED) is 0.514. The number of allylic oxidation sites excluding steroid dienone is 4. The van der Waals surface area contributed by atoms with Gasteiger partial charge < -0.3 is 41.5 Å². The minimum atomic E-state index is 0. The Morgan fingerprint density at radius 1 is 1.06 bits per heavy atom. The van der Waals surface area contributed by atoms with Gasteiger partial charge in [-0.3, -0.25) is 6.08 Å². The number of nitrogens with zero attached hydrogens (tertiary/aromatic N) is 1. The fourth-order valence-electron chi connectivity index (χ4n) is 1.35. The summed E-state index contributed by atoms with van der Waals surface area (Å²) < 4.78 is 0. The molecule has 1 fully saturated rings. The third-order valence-corrected chi connectivity index (χ3v) is 2.10. The summed E-state index contributed by atoms with van der Waals surface area (Å²) in [6.07, 6.45) is 12.8. The molecule has 17 heavy (non-hydrogen) atoms. The van der Waals surface area contributed by atoms with Crippen molar-refractivity contribution in [3.63, 3.8) is 0 Å². The van der Waals surface area contributed by atoms with Crippen molar-refractivity contribution in [2.45, 2.75) is 19.3 Å². The summed E-state index contributed by atoms with van der Waals surface area (Å²) in [5.74, 6) is 0. The Bertz CT molecular complexity index is 148. The maximum Gasteiger partial charge on any atom is 0 e. The van der Waals surface area contributed by atoms with Crippen molar-refractivity contribution in [1.29, 1.82) is 0 Å². The Kier molecular flexibility index (Phi) is 38.2. The van der Waals surface area contributed by atoms with E-state index in [1.807, 2.05) is 12.2 Å². The smallest absolute Gasteiger partial charge is 0 e. The van der Waals surface area contributed by atoms with Gasteiger partial charge in [-0.15, -0.1) is 13.0 Å². The molecule has 0 aromatic heterocycles. The molecule has 0 amide bonds. The third kappa shape index (κ3) is 16.2. The largest absolute Gasteiger partial charge is 0.358 e. The maximum absolute atomic E-state index is 3.79. The molecule has 104 valence electrons. The molecule has 1 saturated heterocycles. The fraction of sp³-hybridized carbons (Fsp3) is 0.400. The van der Waals surface area contributed by atoms with Gasteiger partial charge in [-0.05, 0) is 25.9 Å². The molecule has 0 aromatic carbocycles. The normalized spacial score (nSPS) is 14.9. The third-order valence-electron chi connectivity index (χ3n) is 2.10. The van der Waals surface area contributed by atoms with Crippen LogP contribution in [0.5, 0.6) is 0 Å². The van der Waals surface area contributed by atoms with Crippen LogP contribution < -0.4 is 0 Å². The Balaban J connectivity index is -0.0000000447. The summed E-state index contributed by atoms with van der Waals surface area (Å²) in [6, 6.07) is 0. The number of hydrogen-bond donors (Lipinski definition) is 0. The van der Waals surface area contributed by atoms with Crippen molar-refractivity contribution in [2.24, 2.45) is 0 Å². The van der Waals surface area contributed by atoms with Gasteiger partial charge in [0.25, 0.3) is 0 Å². The van der Waals surface area contributed by atoms with Crippen LogP contribution in [0, 0.1) is 42.7 Å². The molecule has 2 aliphatic rings. The molecule has 1 aliphatic heterocycles. The zero-order chi connectivity index (χ0) is 8.65. The van der Waals surface area contributed by atoms with E-state index in [1.165, 1.54) is 25.9 Å². The molecular formula is C15H29NTi-6. The van der Waals surface area contributed by atoms with Gasteiger partial charge >= 0.3 is 0 Å². The standard InChI is InChI=1S/C6H12N.C5H5.4CH3.Ti/c1-2-7-5-3-4-6-7;1-2-4-5-3-1;;;;;/h1-6H2;1-3H,4H2;4*1H3;/q6*-1;. The van der Waals surface area contributed by atoms with Crippen LogP contribution in [0.1, 0.15) is 19.3 Å². The van der Waals surface area contributed by atoms with Crippen molar-refractivity contribution in [1.82, 2.24) is 4.90 Å². The van der Waals surface area contributed by atoms with Crippen LogP contribution in [0.2, 0.25) is 0 Å². The van der Waals surface area contributed by atoms with Gasteiger partial charge in [0.2, 0.25) is 0 Å². The van der Waals surface area contributed by atoms with E-state index in [0.29, 0.717) is 0 Å². The van der Waals surface area contributed by atoms with Crippen LogP contribution in [-0.4, -0.2) is 24.5 Å². The fourth-order valence-corrected chi connectivity index (χ4v) is 1.35. The van der Waals surface area contributed by atoms with Crippen LogP contribution in [0.4, 0.5) is 0 Å². The topological polar surface area (TPSA) is 3.24 Å². The van der Waals surface area contributed by atoms with Gasteiger partial charge in [0.15, 0.2) is 0 Å². The summed E-state index contributed by atoms with van der Waals surface area (Å²) in [5.41, 5.74) is 0. The second-order valence-corrected chi connectivity index (χ2v) is 3.05. The van der Waals surface area contributed by atoms with Gasteiger partial charge in [-0.1, -0.05) is 0 Å². The Morgan fingerprint density at radius 3 is 1.76 bits per heavy atom. The first-order valence-corrected chi connectivity index (χ1v) is 4.67. The second-order valence-electron chi connectivity index (χ2n) is 3.05. The van der Waals surface area contributed by atoms with Crippen molar-refractivity contribution in [3.05, 3.63) is 60.9 Å². The van der Waals surface area contributed by atoms with Gasteiger partial charge in [0.1, 0.15) is 0 Å². The van der Waals surface area contributed by atoms with Gasteiger partial charge in [0, 0.05) is 21.7 Å². The Morgan fingerprint density at radius 2 is 1.59 bits per heavy atom. The molecule has 0 spiro atoms. The molecule has 0 aromatic rings. The molecule has 0 bridgehead atoms. The number of rotatable bonds is 1. The molecule has 0 unspecified atom stereocenters. The molecule has 0 N–H and O–H groups in total. The molecule has 1 nitrogen and oxygen atoms in total. The van der Waals surface area contributed by atoms with Gasteiger partial charge in [0.05, 0.1) is 0 Å². The molecule has 0 atom stereocenters. The molecule has 2 heteroatoms. The van der Waals surface area contributed by atoms with Crippen LogP contribution in [0.15, 0.2) is 18.2 Å². The van der Waals surface area contributed by atoms with E-state index < -0.39 is 0 Å². The summed E-state index contributed by atoms with van der Waals surface area (Å²) in [6.45, 7) is 7.36. The van der Waals surface area contributed by atoms with E-state index >= 15 is 0 Å².